The summed E-state index contributed by atoms with van der Waals surface area (Å²) in [6.07, 6.45) is 7.58. The fraction of sp³-hybridized carbons (Fsp3) is 0.478. The Labute approximate surface area is 174 Å². The third-order valence-electron chi connectivity index (χ3n) is 6.70. The number of aromatic amines is 1. The maximum absolute atomic E-state index is 12.6. The van der Waals surface area contributed by atoms with Crippen molar-refractivity contribution < 1.29 is 4.79 Å². The summed E-state index contributed by atoms with van der Waals surface area (Å²) in [6.45, 7) is 6.18. The molecule has 1 amide bonds. The highest BCUT2D eigenvalue weighted by Gasteiger charge is 2.54. The molecular weight excluding hydrogens is 378 g/mol. The van der Waals surface area contributed by atoms with Gasteiger partial charge < -0.3 is 5.32 Å². The normalized spacial score (nSPS) is 25.7. The van der Waals surface area contributed by atoms with E-state index in [1.54, 1.807) is 6.20 Å². The molecule has 0 radical (unpaired) electrons. The third-order valence-corrected chi connectivity index (χ3v) is 6.70. The first-order valence-corrected chi connectivity index (χ1v) is 10.6. The molecule has 2 heterocycles. The molecule has 2 N–H and O–H groups in total. The number of amides is 1. The summed E-state index contributed by atoms with van der Waals surface area (Å²) >= 11 is 0. The van der Waals surface area contributed by atoms with Gasteiger partial charge in [-0.15, -0.1) is 0 Å². The highest BCUT2D eigenvalue weighted by Crippen LogP contribution is 2.62. The van der Waals surface area contributed by atoms with Gasteiger partial charge in [0.05, 0.1) is 28.4 Å². The Balaban J connectivity index is 1.20. The van der Waals surface area contributed by atoms with Crippen LogP contribution in [-0.4, -0.2) is 31.9 Å². The maximum atomic E-state index is 12.6. The number of H-pyrrole nitrogens is 1. The lowest BCUT2D eigenvalue weighted by Gasteiger charge is -2.57. The van der Waals surface area contributed by atoms with E-state index in [1.807, 2.05) is 35.1 Å². The predicted molar refractivity (Wildman–Crippen MR) is 114 cm³/mol. The van der Waals surface area contributed by atoms with Crippen molar-refractivity contribution in [3.8, 4) is 0 Å². The molecule has 7 heteroatoms. The van der Waals surface area contributed by atoms with Crippen molar-refractivity contribution in [3.05, 3.63) is 58.3 Å². The van der Waals surface area contributed by atoms with Crippen molar-refractivity contribution in [1.29, 1.82) is 0 Å². The van der Waals surface area contributed by atoms with Crippen molar-refractivity contribution in [2.75, 3.05) is 0 Å². The van der Waals surface area contributed by atoms with Gasteiger partial charge in [0, 0.05) is 23.5 Å². The Morgan fingerprint density at radius 2 is 1.87 bits per heavy atom. The summed E-state index contributed by atoms with van der Waals surface area (Å²) in [5.41, 5.74) is 1.64. The van der Waals surface area contributed by atoms with Gasteiger partial charge in [-0.3, -0.25) is 14.3 Å². The first kappa shape index (κ1) is 19.0. The van der Waals surface area contributed by atoms with Gasteiger partial charge >= 0.3 is 0 Å². The van der Waals surface area contributed by atoms with E-state index < -0.39 is 0 Å². The second-order valence-corrected chi connectivity index (χ2v) is 10.0. The molecule has 0 saturated heterocycles. The minimum Gasteiger partial charge on any atom is -0.349 e. The zero-order chi connectivity index (χ0) is 21.1. The van der Waals surface area contributed by atoms with Crippen LogP contribution < -0.4 is 10.9 Å². The average molecular weight is 406 g/mol. The molecule has 2 fully saturated rings. The van der Waals surface area contributed by atoms with E-state index in [4.69, 9.17) is 0 Å². The van der Waals surface area contributed by atoms with Gasteiger partial charge in [0.2, 0.25) is 0 Å². The van der Waals surface area contributed by atoms with Gasteiger partial charge in [-0.1, -0.05) is 18.2 Å². The summed E-state index contributed by atoms with van der Waals surface area (Å²) in [5, 5.41) is 16.2. The molecule has 2 aliphatic carbocycles. The van der Waals surface area contributed by atoms with Crippen molar-refractivity contribution in [2.24, 2.45) is 5.41 Å². The lowest BCUT2D eigenvalue weighted by molar-refractivity contribution is -0.0196. The maximum Gasteiger partial charge on any atom is 0.272 e. The Morgan fingerprint density at radius 1 is 1.17 bits per heavy atom. The summed E-state index contributed by atoms with van der Waals surface area (Å²) in [7, 11) is 0. The number of rotatable bonds is 3. The van der Waals surface area contributed by atoms with Crippen LogP contribution in [0.3, 0.4) is 0 Å². The molecule has 0 aliphatic heterocycles. The smallest absolute Gasteiger partial charge is 0.272 e. The van der Waals surface area contributed by atoms with E-state index in [0.29, 0.717) is 22.3 Å². The topological polar surface area (TPSA) is 92.7 Å². The van der Waals surface area contributed by atoms with Gasteiger partial charge in [-0.25, -0.2) is 5.10 Å². The second-order valence-electron chi connectivity index (χ2n) is 10.0. The predicted octanol–water partition coefficient (Wildman–Crippen LogP) is 3.33. The molecule has 2 saturated carbocycles. The second kappa shape index (κ2) is 6.52. The van der Waals surface area contributed by atoms with E-state index in [9.17, 15) is 9.59 Å². The third kappa shape index (κ3) is 3.13. The van der Waals surface area contributed by atoms with Gasteiger partial charge in [0.15, 0.2) is 0 Å². The fourth-order valence-corrected chi connectivity index (χ4v) is 5.12. The Morgan fingerprint density at radius 3 is 2.53 bits per heavy atom. The first-order chi connectivity index (χ1) is 14.2. The van der Waals surface area contributed by atoms with E-state index in [0.717, 1.165) is 36.8 Å². The molecule has 1 aromatic carbocycles. The summed E-state index contributed by atoms with van der Waals surface area (Å²) < 4.78 is 1.82. The van der Waals surface area contributed by atoms with Crippen LogP contribution >= 0.6 is 0 Å². The largest absolute Gasteiger partial charge is 0.349 e. The Hall–Kier alpha value is -2.96. The molecule has 30 heavy (non-hydrogen) atoms. The fourth-order valence-electron chi connectivity index (χ4n) is 5.12. The number of fused-ring (bicyclic) bond motifs is 1. The minimum atomic E-state index is -0.139. The summed E-state index contributed by atoms with van der Waals surface area (Å²) in [6, 6.07) is 7.90. The molecule has 3 aromatic rings. The molecule has 2 aromatic heterocycles. The van der Waals surface area contributed by atoms with Crippen molar-refractivity contribution in [1.82, 2.24) is 25.3 Å². The highest BCUT2D eigenvalue weighted by atomic mass is 16.1. The van der Waals surface area contributed by atoms with E-state index in [1.165, 1.54) is 0 Å². The molecule has 1 spiro atoms. The number of hydrogen-bond donors (Lipinski definition) is 2. The molecule has 2 aliphatic rings. The quantitative estimate of drug-likeness (QED) is 0.699. The number of nitrogens with one attached hydrogen (secondary N) is 2. The van der Waals surface area contributed by atoms with E-state index in [-0.39, 0.29) is 23.0 Å². The molecule has 0 atom stereocenters. The van der Waals surface area contributed by atoms with Crippen LogP contribution in [0.25, 0.3) is 10.8 Å². The summed E-state index contributed by atoms with van der Waals surface area (Å²) in [5.74, 6) is 0.322. The molecule has 0 bridgehead atoms. The summed E-state index contributed by atoms with van der Waals surface area (Å²) in [4.78, 5) is 24.6. The van der Waals surface area contributed by atoms with Crippen molar-refractivity contribution in [3.63, 3.8) is 0 Å². The minimum absolute atomic E-state index is 0.0467. The van der Waals surface area contributed by atoms with Crippen molar-refractivity contribution in [2.45, 2.75) is 64.0 Å². The molecule has 0 unspecified atom stereocenters. The lowest BCUT2D eigenvalue weighted by atomic mass is 9.49. The van der Waals surface area contributed by atoms with Gasteiger partial charge in [0.25, 0.3) is 11.5 Å². The van der Waals surface area contributed by atoms with Crippen LogP contribution in [0.4, 0.5) is 0 Å². The molecule has 7 nitrogen and oxygen atoms in total. The van der Waals surface area contributed by atoms with Gasteiger partial charge in [0.1, 0.15) is 0 Å². The number of hydrogen-bond acceptors (Lipinski definition) is 4. The number of aromatic nitrogens is 4. The number of nitrogens with zero attached hydrogens (tertiary/aromatic N) is 3. The van der Waals surface area contributed by atoms with Crippen LogP contribution in [-0.2, 0) is 5.54 Å². The standard InChI is InChI=1S/C23H27N5O2/c1-22(2,3)28-13-15(12-24-28)20(29)25-16-10-23(11-16)8-14(9-23)19-17-6-4-5-7-18(17)21(30)27-26-19/h4-7,12-14,16H,8-11H2,1-3H3,(H,25,29)(H,27,30). The number of carbonyl (C=O) groups is 1. The number of benzene rings is 1. The molecule has 156 valence electrons. The van der Waals surface area contributed by atoms with Gasteiger partial charge in [-0.05, 0) is 57.9 Å². The Bertz CT molecular complexity index is 1170. The van der Waals surface area contributed by atoms with E-state index >= 15 is 0 Å². The van der Waals surface area contributed by atoms with Crippen LogP contribution in [0.15, 0.2) is 41.5 Å². The highest BCUT2D eigenvalue weighted by molar-refractivity contribution is 5.94. The number of carbonyl (C=O) groups excluding carboxylic acids is 1. The SMILES string of the molecule is CC(C)(C)n1cc(C(=O)NC2CC3(C2)CC(c2n[nH]c(=O)c4ccccc24)C3)cn1. The van der Waals surface area contributed by atoms with Gasteiger partial charge in [-0.2, -0.15) is 10.2 Å². The zero-order valence-corrected chi connectivity index (χ0v) is 17.6. The van der Waals surface area contributed by atoms with Crippen LogP contribution in [0.5, 0.6) is 0 Å². The molecular formula is C23H27N5O2. The first-order valence-electron chi connectivity index (χ1n) is 10.6. The zero-order valence-electron chi connectivity index (χ0n) is 17.6. The van der Waals surface area contributed by atoms with Crippen LogP contribution in [0.1, 0.15) is 68.4 Å². The monoisotopic (exact) mass is 405 g/mol. The molecule has 5 rings (SSSR count). The van der Waals surface area contributed by atoms with Crippen LogP contribution in [0, 0.1) is 5.41 Å². The van der Waals surface area contributed by atoms with E-state index in [2.05, 4.69) is 41.4 Å². The van der Waals surface area contributed by atoms with Crippen LogP contribution in [0.2, 0.25) is 0 Å². The lowest BCUT2D eigenvalue weighted by Crippen LogP contribution is -2.55. The average Bonchev–Trinajstić information content (AvgIpc) is 3.14. The Kier molecular flexibility index (Phi) is 4.14. The van der Waals surface area contributed by atoms with Crippen molar-refractivity contribution >= 4 is 16.7 Å².